The minimum Gasteiger partial charge on any atom is -0.481 e. The molecule has 0 aromatic heterocycles. The van der Waals surface area contributed by atoms with Gasteiger partial charge in [-0.2, -0.15) is 0 Å². The Hall–Kier alpha value is -2.09. The second-order valence-electron chi connectivity index (χ2n) is 11.9. The predicted octanol–water partition coefficient (Wildman–Crippen LogP) is 6.77. The number of rotatable bonds is 8. The molecule has 0 bridgehead atoms. The van der Waals surface area contributed by atoms with Crippen molar-refractivity contribution in [3.8, 4) is 0 Å². The van der Waals surface area contributed by atoms with E-state index < -0.39 is 38.1 Å². The van der Waals surface area contributed by atoms with Crippen LogP contribution < -0.4 is 0 Å². The van der Waals surface area contributed by atoms with Gasteiger partial charge in [-0.05, 0) is 68.5 Å². The minimum atomic E-state index is -3.63. The third-order valence-electron chi connectivity index (χ3n) is 7.58. The van der Waals surface area contributed by atoms with E-state index >= 15 is 0 Å². The van der Waals surface area contributed by atoms with Crippen molar-refractivity contribution in [3.05, 3.63) is 69.7 Å². The first-order chi connectivity index (χ1) is 17.5. The minimum absolute atomic E-state index is 0.224. The van der Waals surface area contributed by atoms with Gasteiger partial charge in [-0.3, -0.25) is 9.59 Å². The molecule has 1 aliphatic rings. The zero-order chi connectivity index (χ0) is 28.6. The van der Waals surface area contributed by atoms with Gasteiger partial charge in [-0.1, -0.05) is 68.2 Å². The van der Waals surface area contributed by atoms with Gasteiger partial charge in [0.25, 0.3) is 0 Å². The zero-order valence-electron chi connectivity index (χ0n) is 22.7. The average molecular weight is 583 g/mol. The number of aliphatic carboxylic acids is 1. The van der Waals surface area contributed by atoms with E-state index in [0.717, 1.165) is 11.1 Å². The number of hydrogen-bond donors (Lipinski definition) is 1. The molecule has 1 amide bonds. The number of benzene rings is 2. The van der Waals surface area contributed by atoms with Gasteiger partial charge < -0.3 is 10.0 Å². The van der Waals surface area contributed by atoms with Crippen LogP contribution in [0.4, 0.5) is 0 Å². The number of amides is 1. The van der Waals surface area contributed by atoms with Crippen LogP contribution in [-0.4, -0.2) is 46.8 Å². The largest absolute Gasteiger partial charge is 0.481 e. The summed E-state index contributed by atoms with van der Waals surface area (Å²) in [5.74, 6) is -2.25. The molecular weight excluding hydrogens is 545 g/mol. The summed E-state index contributed by atoms with van der Waals surface area (Å²) in [4.78, 5) is 28.0. The molecule has 0 aliphatic carbocycles. The Morgan fingerprint density at radius 3 is 2.18 bits per heavy atom. The smallest absolute Gasteiger partial charge is 0.304 e. The number of nitrogens with zero attached hydrogens (tertiary/aromatic N) is 1. The number of likely N-dealkylation sites (tertiary alicyclic amines) is 1. The van der Waals surface area contributed by atoms with Gasteiger partial charge >= 0.3 is 5.97 Å². The van der Waals surface area contributed by atoms with Gasteiger partial charge in [-0.15, -0.1) is 0 Å². The maximum Gasteiger partial charge on any atom is 0.304 e. The van der Waals surface area contributed by atoms with E-state index in [2.05, 4.69) is 0 Å². The molecule has 6 nitrogen and oxygen atoms in total. The van der Waals surface area contributed by atoms with Crippen LogP contribution in [0.15, 0.2) is 48.5 Å². The van der Waals surface area contributed by atoms with Gasteiger partial charge in [0.15, 0.2) is 9.84 Å². The van der Waals surface area contributed by atoms with Crippen molar-refractivity contribution in [3.63, 3.8) is 0 Å². The molecule has 1 fully saturated rings. The fourth-order valence-corrected chi connectivity index (χ4v) is 7.13. The van der Waals surface area contributed by atoms with E-state index in [1.165, 1.54) is 0 Å². The molecule has 1 heterocycles. The number of hydrogen-bond acceptors (Lipinski definition) is 4. The first kappa shape index (κ1) is 30.5. The maximum absolute atomic E-state index is 14.4. The lowest BCUT2D eigenvalue weighted by molar-refractivity contribution is -0.161. The maximum atomic E-state index is 14.4. The van der Waals surface area contributed by atoms with Crippen LogP contribution in [0.5, 0.6) is 0 Å². The van der Waals surface area contributed by atoms with E-state index in [1.807, 2.05) is 44.2 Å². The molecule has 9 heteroatoms. The van der Waals surface area contributed by atoms with Crippen LogP contribution in [-0.2, 0) is 19.4 Å². The Labute approximate surface area is 236 Å². The second kappa shape index (κ2) is 11.2. The van der Waals surface area contributed by atoms with E-state index in [-0.39, 0.29) is 36.3 Å². The summed E-state index contributed by atoms with van der Waals surface area (Å²) >= 11 is 12.6. The van der Waals surface area contributed by atoms with Crippen molar-refractivity contribution >= 4 is 44.9 Å². The lowest BCUT2D eigenvalue weighted by Crippen LogP contribution is -2.59. The van der Waals surface area contributed by atoms with Crippen LogP contribution in [0.25, 0.3) is 0 Å². The Morgan fingerprint density at radius 2 is 1.68 bits per heavy atom. The first-order valence-electron chi connectivity index (χ1n) is 12.7. The quantitative estimate of drug-likeness (QED) is 0.371. The lowest BCUT2D eigenvalue weighted by atomic mass is 9.66. The molecule has 0 saturated carbocycles. The second-order valence-corrected chi connectivity index (χ2v) is 15.6. The third kappa shape index (κ3) is 6.37. The average Bonchev–Trinajstić information content (AvgIpc) is 2.78. The Morgan fingerprint density at radius 1 is 1.08 bits per heavy atom. The predicted molar refractivity (Wildman–Crippen MR) is 152 cm³/mol. The normalized spacial score (nSPS) is 23.5. The molecule has 208 valence electrons. The van der Waals surface area contributed by atoms with E-state index in [9.17, 15) is 23.1 Å². The fourth-order valence-electron chi connectivity index (χ4n) is 5.31. The Balaban J connectivity index is 2.32. The van der Waals surface area contributed by atoms with E-state index in [4.69, 9.17) is 23.2 Å². The first-order valence-corrected chi connectivity index (χ1v) is 15.2. The number of carbonyl (C=O) groups is 2. The Kier molecular flexibility index (Phi) is 8.96. The third-order valence-corrected chi connectivity index (χ3v) is 10.7. The summed E-state index contributed by atoms with van der Waals surface area (Å²) in [6.45, 7) is 10.4. The SMILES string of the molecule is CC(C)[C@@H](CS(=O)(=O)C(C)(C)C)N1C(=O)[C@](C)(CC(=O)O)C[C@H](c2cccc(Cl)c2)[C@H]1c1ccc(Cl)cc1. The highest BCUT2D eigenvalue weighted by molar-refractivity contribution is 7.92. The molecule has 1 saturated heterocycles. The number of carbonyl (C=O) groups excluding carboxylic acids is 1. The summed E-state index contributed by atoms with van der Waals surface area (Å²) in [5.41, 5.74) is 0.400. The van der Waals surface area contributed by atoms with E-state index in [0.29, 0.717) is 10.0 Å². The van der Waals surface area contributed by atoms with Crippen molar-refractivity contribution in [2.45, 2.75) is 77.1 Å². The molecule has 2 aromatic rings. The summed E-state index contributed by atoms with van der Waals surface area (Å²) in [6, 6.07) is 13.3. The molecule has 0 unspecified atom stereocenters. The highest BCUT2D eigenvalue weighted by Crippen LogP contribution is 2.52. The number of sulfone groups is 1. The van der Waals surface area contributed by atoms with Crippen LogP contribution in [0.1, 0.15) is 77.5 Å². The molecule has 4 atom stereocenters. The van der Waals surface area contributed by atoms with Crippen LogP contribution in [0.3, 0.4) is 0 Å². The van der Waals surface area contributed by atoms with Crippen molar-refractivity contribution in [2.75, 3.05) is 5.75 Å². The zero-order valence-corrected chi connectivity index (χ0v) is 25.1. The molecule has 3 rings (SSSR count). The molecule has 1 aliphatic heterocycles. The summed E-state index contributed by atoms with van der Waals surface area (Å²) in [6.07, 6.45) is -0.108. The highest BCUT2D eigenvalue weighted by Gasteiger charge is 2.53. The van der Waals surface area contributed by atoms with Crippen molar-refractivity contribution in [2.24, 2.45) is 11.3 Å². The highest BCUT2D eigenvalue weighted by atomic mass is 35.5. The van der Waals surface area contributed by atoms with E-state index in [1.54, 1.807) is 50.8 Å². The van der Waals surface area contributed by atoms with Gasteiger partial charge in [-0.25, -0.2) is 8.42 Å². The van der Waals surface area contributed by atoms with Crippen LogP contribution in [0.2, 0.25) is 10.0 Å². The van der Waals surface area contributed by atoms with Gasteiger partial charge in [0, 0.05) is 22.0 Å². The monoisotopic (exact) mass is 581 g/mol. The van der Waals surface area contributed by atoms with Crippen molar-refractivity contribution < 1.29 is 23.1 Å². The topological polar surface area (TPSA) is 91.8 Å². The standard InChI is InChI=1S/C29H37Cl2NO5S/c1-18(2)24(17-38(36,37)28(3,4)5)32-26(19-10-12-21(30)13-11-19)23(20-8-7-9-22(31)14-20)15-29(6,27(32)35)16-25(33)34/h7-14,18,23-24,26H,15-17H2,1-6H3,(H,33,34)/t23-,24-,26-,29+/m1/s1. The lowest BCUT2D eigenvalue weighted by Gasteiger charge is -2.53. The van der Waals surface area contributed by atoms with Crippen LogP contribution >= 0.6 is 23.2 Å². The molecule has 1 N–H and O–H groups in total. The van der Waals surface area contributed by atoms with Crippen LogP contribution in [0, 0.1) is 11.3 Å². The molecule has 2 aromatic carbocycles. The molecule has 38 heavy (non-hydrogen) atoms. The Bertz CT molecular complexity index is 1290. The van der Waals surface area contributed by atoms with Gasteiger partial charge in [0.2, 0.25) is 5.91 Å². The molecule has 0 spiro atoms. The molecular formula is C29H37Cl2NO5S. The summed E-state index contributed by atoms with van der Waals surface area (Å²) < 4.78 is 25.9. The van der Waals surface area contributed by atoms with Gasteiger partial charge in [0.1, 0.15) is 0 Å². The molecule has 0 radical (unpaired) electrons. The van der Waals surface area contributed by atoms with Crippen molar-refractivity contribution in [1.29, 1.82) is 0 Å². The number of piperidine rings is 1. The summed E-state index contributed by atoms with van der Waals surface area (Å²) in [5, 5.41) is 10.8. The van der Waals surface area contributed by atoms with Gasteiger partial charge in [0.05, 0.1) is 28.4 Å². The fraction of sp³-hybridized carbons (Fsp3) is 0.517. The number of carboxylic acid groups (broad SMARTS) is 1. The number of halogens is 2. The summed E-state index contributed by atoms with van der Waals surface area (Å²) in [7, 11) is -3.63. The van der Waals surface area contributed by atoms with Crippen molar-refractivity contribution in [1.82, 2.24) is 4.90 Å². The number of carboxylic acids is 1.